The fraction of sp³-hybridized carbons (Fsp3) is 0.919. The molecule has 3 saturated heterocycles. The van der Waals surface area contributed by atoms with Gasteiger partial charge in [0.05, 0.1) is 24.8 Å². The van der Waals surface area contributed by atoms with Crippen LogP contribution >= 0.6 is 0 Å². The lowest BCUT2D eigenvalue weighted by Crippen LogP contribution is -2.68. The molecule has 10 nitrogen and oxygen atoms in total. The Morgan fingerprint density at radius 2 is 1.73 bits per heavy atom. The first-order chi connectivity index (χ1) is 23.3. The lowest BCUT2D eigenvalue weighted by Gasteiger charge is -2.48. The molecule has 3 rings (SSSR count). The zero-order chi connectivity index (χ0) is 36.1. The highest BCUT2D eigenvalue weighted by Gasteiger charge is 2.44. The van der Waals surface area contributed by atoms with E-state index >= 15 is 4.39 Å². The first-order valence-corrected chi connectivity index (χ1v) is 19.4. The maximum Gasteiger partial charge on any atom is 0.232 e. The molecule has 3 aliphatic heterocycles. The zero-order valence-electron chi connectivity index (χ0n) is 31.6. The predicted octanol–water partition coefficient (Wildman–Crippen LogP) is 3.87. The van der Waals surface area contributed by atoms with E-state index in [9.17, 15) is 14.0 Å². The number of piperidine rings is 2. The summed E-state index contributed by atoms with van der Waals surface area (Å²) in [6.45, 7) is 17.3. The quantitative estimate of drug-likeness (QED) is 0.0973. The minimum Gasteiger partial charge on any atom is -0.350 e. The maximum atomic E-state index is 16.3. The predicted molar refractivity (Wildman–Crippen MR) is 196 cm³/mol. The summed E-state index contributed by atoms with van der Waals surface area (Å²) in [7, 11) is 0. The van der Waals surface area contributed by atoms with Gasteiger partial charge in [-0.05, 0) is 78.4 Å². The smallest absolute Gasteiger partial charge is 0.232 e. The van der Waals surface area contributed by atoms with Crippen LogP contribution in [0.4, 0.5) is 8.78 Å². The van der Waals surface area contributed by atoms with E-state index in [0.717, 1.165) is 58.0 Å². The number of hydrogen-bond donors (Lipinski definition) is 4. The summed E-state index contributed by atoms with van der Waals surface area (Å²) in [5.74, 6) is -0.772. The van der Waals surface area contributed by atoms with Gasteiger partial charge in [0.1, 0.15) is 18.3 Å². The van der Waals surface area contributed by atoms with Crippen LogP contribution in [0, 0.1) is 17.8 Å². The van der Waals surface area contributed by atoms with Crippen molar-refractivity contribution < 1.29 is 18.4 Å². The number of alkyl halides is 2. The van der Waals surface area contributed by atoms with Crippen LogP contribution in [0.25, 0.3) is 0 Å². The number of hydrogen-bond acceptors (Lipinski definition) is 8. The molecule has 0 aromatic heterocycles. The van der Waals surface area contributed by atoms with Crippen LogP contribution in [-0.2, 0) is 9.59 Å². The molecule has 0 spiro atoms. The molecule has 0 aliphatic carbocycles. The van der Waals surface area contributed by atoms with Crippen molar-refractivity contribution in [2.75, 3.05) is 58.9 Å². The molecule has 3 fully saturated rings. The molecule has 6 unspecified atom stereocenters. The number of unbranched alkanes of at least 4 members (excludes halogenated alkanes) is 3. The highest BCUT2D eigenvalue weighted by Crippen LogP contribution is 2.28. The van der Waals surface area contributed by atoms with Crippen molar-refractivity contribution in [3.63, 3.8) is 0 Å². The Labute approximate surface area is 295 Å². The first-order valence-electron chi connectivity index (χ1n) is 19.4. The molecule has 6 atom stereocenters. The minimum atomic E-state index is -1.17. The fourth-order valence-electron chi connectivity index (χ4n) is 8.11. The Morgan fingerprint density at radius 1 is 1.02 bits per heavy atom. The summed E-state index contributed by atoms with van der Waals surface area (Å²) in [5.41, 5.74) is 12.6. The molecule has 0 bridgehead atoms. The van der Waals surface area contributed by atoms with Crippen molar-refractivity contribution in [3.05, 3.63) is 0 Å². The van der Waals surface area contributed by atoms with E-state index in [1.54, 1.807) is 6.92 Å². The number of nitrogens with zero attached hydrogens (tertiary/aromatic N) is 4. The van der Waals surface area contributed by atoms with Crippen molar-refractivity contribution in [2.24, 2.45) is 34.2 Å². The van der Waals surface area contributed by atoms with E-state index in [2.05, 4.69) is 60.0 Å². The second-order valence-electron chi connectivity index (χ2n) is 15.9. The standard InChI is InChI=1S/C37H70F2N8O2/c1-7-9-10-11-18-45-23-30(39)33(46-19-15-28(16-20-46)36(49)47-21-17-43-37(5,6)25-47)31(24-45)44-35(48)32(34(40)41)27(4)42-22-29(38)14-13-26(3)12-8-2/h26,28-34,43H,7-25,40-41H2,1-6H3,(H,44,48). The van der Waals surface area contributed by atoms with Crippen LogP contribution in [-0.4, -0.2) is 127 Å². The van der Waals surface area contributed by atoms with E-state index < -0.39 is 42.4 Å². The molecule has 12 heteroatoms. The number of likely N-dealkylation sites (tertiary alicyclic amines) is 2. The van der Waals surface area contributed by atoms with E-state index in [1.165, 1.54) is 0 Å². The summed E-state index contributed by atoms with van der Waals surface area (Å²) in [6, 6.07) is -1.02. The van der Waals surface area contributed by atoms with Gasteiger partial charge in [0.2, 0.25) is 11.8 Å². The van der Waals surface area contributed by atoms with Gasteiger partial charge in [-0.2, -0.15) is 0 Å². The lowest BCUT2D eigenvalue weighted by molar-refractivity contribution is -0.139. The third-order valence-electron chi connectivity index (χ3n) is 10.9. The molecule has 0 saturated carbocycles. The summed E-state index contributed by atoms with van der Waals surface area (Å²) in [5, 5.41) is 6.62. The summed E-state index contributed by atoms with van der Waals surface area (Å²) < 4.78 is 31.0. The Kier molecular flexibility index (Phi) is 17.3. The van der Waals surface area contributed by atoms with Gasteiger partial charge in [0.15, 0.2) is 0 Å². The van der Waals surface area contributed by atoms with E-state index in [4.69, 9.17) is 11.5 Å². The van der Waals surface area contributed by atoms with Crippen LogP contribution in [0.2, 0.25) is 0 Å². The Morgan fingerprint density at radius 3 is 2.37 bits per heavy atom. The third kappa shape index (κ3) is 13.1. The van der Waals surface area contributed by atoms with Crippen molar-refractivity contribution in [3.8, 4) is 0 Å². The number of amides is 2. The van der Waals surface area contributed by atoms with E-state index in [0.29, 0.717) is 70.2 Å². The molecule has 2 amide bonds. The van der Waals surface area contributed by atoms with Gasteiger partial charge in [-0.1, -0.05) is 52.9 Å². The van der Waals surface area contributed by atoms with Gasteiger partial charge in [-0.15, -0.1) is 0 Å². The van der Waals surface area contributed by atoms with Gasteiger partial charge >= 0.3 is 0 Å². The summed E-state index contributed by atoms with van der Waals surface area (Å²) in [4.78, 5) is 38.0. The van der Waals surface area contributed by atoms with Crippen LogP contribution in [0.3, 0.4) is 0 Å². The molecule has 0 aromatic carbocycles. The van der Waals surface area contributed by atoms with Crippen LogP contribution in [0.5, 0.6) is 0 Å². The normalized spacial score (nSPS) is 26.5. The number of piperazine rings is 1. The van der Waals surface area contributed by atoms with Crippen molar-refractivity contribution in [1.82, 2.24) is 25.3 Å². The maximum absolute atomic E-state index is 16.3. The Balaban J connectivity index is 1.69. The summed E-state index contributed by atoms with van der Waals surface area (Å²) in [6.07, 6.45) is 5.73. The molecule has 6 N–H and O–H groups in total. The van der Waals surface area contributed by atoms with Gasteiger partial charge in [-0.3, -0.25) is 24.4 Å². The van der Waals surface area contributed by atoms with Crippen LogP contribution < -0.4 is 22.1 Å². The number of aliphatic imine (C=N–C) groups is 1. The highest BCUT2D eigenvalue weighted by molar-refractivity contribution is 6.03. The molecule has 3 heterocycles. The van der Waals surface area contributed by atoms with Crippen molar-refractivity contribution in [2.45, 2.75) is 142 Å². The zero-order valence-corrected chi connectivity index (χ0v) is 31.6. The number of carbonyl (C=O) groups excluding carboxylic acids is 2. The molecular weight excluding hydrogens is 626 g/mol. The number of carbonyl (C=O) groups is 2. The number of nitrogens with one attached hydrogen (secondary N) is 2. The second kappa shape index (κ2) is 20.3. The average molecular weight is 697 g/mol. The van der Waals surface area contributed by atoms with E-state index in [1.807, 2.05) is 4.90 Å². The Hall–Kier alpha value is -1.73. The third-order valence-corrected chi connectivity index (χ3v) is 10.9. The van der Waals surface area contributed by atoms with Crippen molar-refractivity contribution >= 4 is 17.5 Å². The van der Waals surface area contributed by atoms with Gasteiger partial charge in [0, 0.05) is 49.9 Å². The van der Waals surface area contributed by atoms with Gasteiger partial charge < -0.3 is 27.0 Å². The van der Waals surface area contributed by atoms with Gasteiger partial charge in [-0.25, -0.2) is 8.78 Å². The van der Waals surface area contributed by atoms with Crippen LogP contribution in [0.15, 0.2) is 4.99 Å². The largest absolute Gasteiger partial charge is 0.350 e. The Bertz CT molecular complexity index is 1040. The number of nitrogens with two attached hydrogens (primary N) is 2. The highest BCUT2D eigenvalue weighted by atomic mass is 19.1. The van der Waals surface area contributed by atoms with Gasteiger partial charge in [0.25, 0.3) is 0 Å². The first kappa shape index (κ1) is 41.7. The molecule has 3 aliphatic rings. The molecule has 284 valence electrons. The van der Waals surface area contributed by atoms with Crippen LogP contribution in [0.1, 0.15) is 106 Å². The fourth-order valence-corrected chi connectivity index (χ4v) is 8.11. The van der Waals surface area contributed by atoms with E-state index in [-0.39, 0.29) is 23.9 Å². The topological polar surface area (TPSA) is 132 Å². The summed E-state index contributed by atoms with van der Waals surface area (Å²) >= 11 is 0. The molecule has 49 heavy (non-hydrogen) atoms. The average Bonchev–Trinajstić information content (AvgIpc) is 3.04. The SMILES string of the molecule is CCCCCCN1CC(F)C(N2CCC(C(=O)N3CCNC(C)(C)C3)CC2)C(NC(=O)C(C(C)=NCC(F)CCC(C)CCC)C(N)N)C1. The number of halogens is 2. The molecular formula is C37H70F2N8O2. The monoisotopic (exact) mass is 697 g/mol. The minimum absolute atomic E-state index is 0.0373. The molecule has 0 radical (unpaired) electrons. The lowest BCUT2D eigenvalue weighted by atomic mass is 9.88. The second-order valence-corrected chi connectivity index (χ2v) is 15.9. The molecule has 0 aromatic rings. The van der Waals surface area contributed by atoms with Crippen molar-refractivity contribution in [1.29, 1.82) is 0 Å². The number of rotatable bonds is 18.